The van der Waals surface area contributed by atoms with Crippen LogP contribution >= 0.6 is 0 Å². The first-order chi connectivity index (χ1) is 7.24. The molecule has 15 heavy (non-hydrogen) atoms. The first kappa shape index (κ1) is 11.4. The molecule has 3 heteroatoms. The number of hydrogen-bond acceptors (Lipinski definition) is 3. The van der Waals surface area contributed by atoms with E-state index < -0.39 is 0 Å². The molecule has 2 heterocycles. The third-order valence-electron chi connectivity index (χ3n) is 4.03. The number of aliphatic hydroxyl groups is 2. The molecule has 2 N–H and O–H groups in total. The number of rotatable bonds is 3. The van der Waals surface area contributed by atoms with Crippen LogP contribution in [0.15, 0.2) is 0 Å². The zero-order chi connectivity index (χ0) is 10.8. The maximum Gasteiger partial charge on any atom is 0.0696 e. The van der Waals surface area contributed by atoms with Crippen LogP contribution in [-0.2, 0) is 0 Å². The van der Waals surface area contributed by atoms with E-state index in [1.165, 1.54) is 12.8 Å². The maximum atomic E-state index is 10.0. The van der Waals surface area contributed by atoms with E-state index in [0.717, 1.165) is 32.2 Å². The van der Waals surface area contributed by atoms with Gasteiger partial charge in [0, 0.05) is 12.1 Å². The Balaban J connectivity index is 2.06. The molecule has 0 radical (unpaired) electrons. The van der Waals surface area contributed by atoms with Crippen LogP contribution in [-0.4, -0.2) is 45.9 Å². The van der Waals surface area contributed by atoms with Crippen LogP contribution in [0.2, 0.25) is 0 Å². The third kappa shape index (κ3) is 2.19. The van der Waals surface area contributed by atoms with Gasteiger partial charge in [0.2, 0.25) is 0 Å². The van der Waals surface area contributed by atoms with E-state index in [1.54, 1.807) is 0 Å². The molecule has 4 atom stereocenters. The Morgan fingerprint density at radius 3 is 2.00 bits per heavy atom. The lowest BCUT2D eigenvalue weighted by Crippen LogP contribution is -2.44. The van der Waals surface area contributed by atoms with Gasteiger partial charge >= 0.3 is 0 Å². The second kappa shape index (κ2) is 4.81. The Labute approximate surface area is 92.1 Å². The Hall–Kier alpha value is -0.120. The van der Waals surface area contributed by atoms with Crippen molar-refractivity contribution in [3.8, 4) is 0 Å². The zero-order valence-electron chi connectivity index (χ0n) is 9.60. The Morgan fingerprint density at radius 1 is 1.00 bits per heavy atom. The molecular weight excluding hydrogens is 190 g/mol. The Kier molecular flexibility index (Phi) is 3.65. The number of aliphatic hydroxyl groups excluding tert-OH is 2. The molecule has 0 aliphatic carbocycles. The molecule has 0 amide bonds. The molecule has 0 aromatic heterocycles. The summed E-state index contributed by atoms with van der Waals surface area (Å²) in [5, 5.41) is 20.0. The van der Waals surface area contributed by atoms with Crippen molar-refractivity contribution < 1.29 is 10.2 Å². The lowest BCUT2D eigenvalue weighted by molar-refractivity contribution is 0.0472. The molecule has 4 unspecified atom stereocenters. The maximum absolute atomic E-state index is 10.0. The fraction of sp³-hybridized carbons (Fsp3) is 1.00. The standard InChI is InChI=1S/C12H23NO2/c1-2-3-8-13-9-4-5-10(13)12(15)7-6-11(9)14/h9-12,14-15H,2-8H2,1H3. The summed E-state index contributed by atoms with van der Waals surface area (Å²) >= 11 is 0. The average Bonchev–Trinajstić information content (AvgIpc) is 2.61. The number of unbranched alkanes of at least 4 members (excludes halogenated alkanes) is 1. The average molecular weight is 213 g/mol. The predicted molar refractivity (Wildman–Crippen MR) is 59.7 cm³/mol. The summed E-state index contributed by atoms with van der Waals surface area (Å²) in [6.45, 7) is 3.23. The molecule has 2 bridgehead atoms. The predicted octanol–water partition coefficient (Wildman–Crippen LogP) is 1.14. The van der Waals surface area contributed by atoms with Gasteiger partial charge in [-0.2, -0.15) is 0 Å². The second-order valence-corrected chi connectivity index (χ2v) is 5.02. The van der Waals surface area contributed by atoms with E-state index in [2.05, 4.69) is 11.8 Å². The first-order valence-electron chi connectivity index (χ1n) is 6.36. The van der Waals surface area contributed by atoms with Crippen molar-refractivity contribution in [2.45, 2.75) is 69.7 Å². The summed E-state index contributed by atoms with van der Waals surface area (Å²) in [5.41, 5.74) is 0. The number of hydrogen-bond donors (Lipinski definition) is 2. The highest BCUT2D eigenvalue weighted by Crippen LogP contribution is 2.34. The summed E-state index contributed by atoms with van der Waals surface area (Å²) in [6.07, 6.45) is 5.58. The topological polar surface area (TPSA) is 43.7 Å². The lowest BCUT2D eigenvalue weighted by Gasteiger charge is -2.31. The molecule has 2 fully saturated rings. The van der Waals surface area contributed by atoms with Crippen molar-refractivity contribution in [3.05, 3.63) is 0 Å². The van der Waals surface area contributed by atoms with Crippen molar-refractivity contribution in [2.75, 3.05) is 6.54 Å². The molecule has 2 rings (SSSR count). The summed E-state index contributed by atoms with van der Waals surface area (Å²) in [5.74, 6) is 0. The molecule has 2 aliphatic heterocycles. The molecule has 2 saturated heterocycles. The van der Waals surface area contributed by atoms with Crippen LogP contribution in [0.1, 0.15) is 45.4 Å². The third-order valence-corrected chi connectivity index (χ3v) is 4.03. The summed E-state index contributed by atoms with van der Waals surface area (Å²) in [7, 11) is 0. The largest absolute Gasteiger partial charge is 0.391 e. The van der Waals surface area contributed by atoms with Gasteiger partial charge in [0.1, 0.15) is 0 Å². The number of nitrogens with zero attached hydrogens (tertiary/aromatic N) is 1. The van der Waals surface area contributed by atoms with E-state index >= 15 is 0 Å². The van der Waals surface area contributed by atoms with Gasteiger partial charge in [-0.25, -0.2) is 0 Å². The van der Waals surface area contributed by atoms with Crippen molar-refractivity contribution in [3.63, 3.8) is 0 Å². The molecule has 0 saturated carbocycles. The van der Waals surface area contributed by atoms with Crippen molar-refractivity contribution >= 4 is 0 Å². The van der Waals surface area contributed by atoms with Crippen LogP contribution in [0.3, 0.4) is 0 Å². The molecule has 2 aliphatic rings. The lowest BCUT2D eigenvalue weighted by atomic mass is 9.97. The SMILES string of the molecule is CCCCN1C2CCC1C(O)CCC2O. The quantitative estimate of drug-likeness (QED) is 0.739. The molecular formula is C12H23NO2. The Bertz CT molecular complexity index is 192. The molecule has 0 aromatic carbocycles. The minimum absolute atomic E-state index is 0.219. The van der Waals surface area contributed by atoms with Gasteiger partial charge in [0.25, 0.3) is 0 Å². The van der Waals surface area contributed by atoms with Gasteiger partial charge < -0.3 is 10.2 Å². The van der Waals surface area contributed by atoms with Crippen LogP contribution in [0.5, 0.6) is 0 Å². The van der Waals surface area contributed by atoms with E-state index in [0.29, 0.717) is 12.1 Å². The highest BCUT2D eigenvalue weighted by molar-refractivity contribution is 4.97. The van der Waals surface area contributed by atoms with Crippen molar-refractivity contribution in [2.24, 2.45) is 0 Å². The highest BCUT2D eigenvalue weighted by Gasteiger charge is 2.42. The fourth-order valence-electron chi connectivity index (χ4n) is 3.14. The zero-order valence-corrected chi connectivity index (χ0v) is 9.60. The molecule has 3 nitrogen and oxygen atoms in total. The summed E-state index contributed by atoms with van der Waals surface area (Å²) in [4.78, 5) is 2.37. The highest BCUT2D eigenvalue weighted by atomic mass is 16.3. The van der Waals surface area contributed by atoms with Gasteiger partial charge in [-0.05, 0) is 38.6 Å². The number of fused-ring (bicyclic) bond motifs is 2. The Morgan fingerprint density at radius 2 is 1.53 bits per heavy atom. The van der Waals surface area contributed by atoms with E-state index in [-0.39, 0.29) is 12.2 Å². The summed E-state index contributed by atoms with van der Waals surface area (Å²) in [6, 6.07) is 0.636. The van der Waals surface area contributed by atoms with E-state index in [9.17, 15) is 10.2 Å². The van der Waals surface area contributed by atoms with Crippen LogP contribution in [0, 0.1) is 0 Å². The van der Waals surface area contributed by atoms with Crippen LogP contribution in [0.25, 0.3) is 0 Å². The van der Waals surface area contributed by atoms with Gasteiger partial charge in [-0.1, -0.05) is 13.3 Å². The van der Waals surface area contributed by atoms with Gasteiger partial charge in [-0.15, -0.1) is 0 Å². The first-order valence-corrected chi connectivity index (χ1v) is 6.36. The van der Waals surface area contributed by atoms with Gasteiger partial charge in [0.15, 0.2) is 0 Å². The fourth-order valence-corrected chi connectivity index (χ4v) is 3.14. The van der Waals surface area contributed by atoms with E-state index in [1.807, 2.05) is 0 Å². The molecule has 0 aromatic rings. The smallest absolute Gasteiger partial charge is 0.0696 e. The molecule has 88 valence electrons. The summed E-state index contributed by atoms with van der Waals surface area (Å²) < 4.78 is 0. The minimum atomic E-state index is -0.219. The normalized spacial score (nSPS) is 41.8. The van der Waals surface area contributed by atoms with Crippen molar-refractivity contribution in [1.29, 1.82) is 0 Å². The van der Waals surface area contributed by atoms with Gasteiger partial charge in [0.05, 0.1) is 12.2 Å². The van der Waals surface area contributed by atoms with Crippen molar-refractivity contribution in [1.82, 2.24) is 4.90 Å². The monoisotopic (exact) mass is 213 g/mol. The molecule has 0 spiro atoms. The van der Waals surface area contributed by atoms with Gasteiger partial charge in [-0.3, -0.25) is 4.90 Å². The van der Waals surface area contributed by atoms with E-state index in [4.69, 9.17) is 0 Å². The second-order valence-electron chi connectivity index (χ2n) is 5.02. The van der Waals surface area contributed by atoms with Crippen LogP contribution in [0.4, 0.5) is 0 Å². The van der Waals surface area contributed by atoms with Crippen LogP contribution < -0.4 is 0 Å². The minimum Gasteiger partial charge on any atom is -0.391 e.